The van der Waals surface area contributed by atoms with Crippen molar-refractivity contribution in [1.82, 2.24) is 19.7 Å². The van der Waals surface area contributed by atoms with Crippen molar-refractivity contribution in [2.45, 2.75) is 6.92 Å². The fourth-order valence-electron chi connectivity index (χ4n) is 1.35. The van der Waals surface area contributed by atoms with E-state index in [9.17, 15) is 4.79 Å². The lowest BCUT2D eigenvalue weighted by molar-refractivity contribution is 0.102. The predicted molar refractivity (Wildman–Crippen MR) is 62.6 cm³/mol. The van der Waals surface area contributed by atoms with E-state index >= 15 is 0 Å². The third-order valence-electron chi connectivity index (χ3n) is 2.30. The quantitative estimate of drug-likeness (QED) is 0.833. The van der Waals surface area contributed by atoms with Gasteiger partial charge in [0.2, 0.25) is 0 Å². The molecule has 2 aromatic rings. The second-order valence-corrected chi connectivity index (χ2v) is 3.64. The van der Waals surface area contributed by atoms with Crippen LogP contribution in [0.2, 0.25) is 0 Å². The van der Waals surface area contributed by atoms with Crippen LogP contribution in [0, 0.1) is 18.3 Å². The Kier molecular flexibility index (Phi) is 3.02. The number of anilines is 1. The molecule has 0 saturated carbocycles. The molecule has 0 aliphatic rings. The van der Waals surface area contributed by atoms with Crippen LogP contribution in [0.5, 0.6) is 0 Å². The van der Waals surface area contributed by atoms with Crippen molar-refractivity contribution in [2.75, 3.05) is 5.32 Å². The maximum absolute atomic E-state index is 11.9. The normalized spacial score (nSPS) is 9.83. The minimum atomic E-state index is -0.428. The molecule has 0 fully saturated rings. The van der Waals surface area contributed by atoms with Gasteiger partial charge in [0.25, 0.3) is 5.91 Å². The number of amides is 1. The van der Waals surface area contributed by atoms with E-state index in [1.807, 2.05) is 6.07 Å². The van der Waals surface area contributed by atoms with Gasteiger partial charge in [0.15, 0.2) is 0 Å². The van der Waals surface area contributed by atoms with E-state index in [0.29, 0.717) is 11.4 Å². The fraction of sp³-hybridized carbons (Fsp3) is 0.182. The number of carbonyl (C=O) groups is 1. The lowest BCUT2D eigenvalue weighted by Gasteiger charge is -2.05. The van der Waals surface area contributed by atoms with Crippen LogP contribution in [-0.4, -0.2) is 25.7 Å². The van der Waals surface area contributed by atoms with Gasteiger partial charge in [0.1, 0.15) is 23.1 Å². The van der Waals surface area contributed by atoms with Gasteiger partial charge in [0.05, 0.1) is 18.1 Å². The SMILES string of the molecule is Cc1cnc(C(=O)Nc2c(C#N)cnn2C)cn1. The predicted octanol–water partition coefficient (Wildman–Crippen LogP) is 0.642. The number of aryl methyl sites for hydroxylation is 2. The molecule has 0 bridgehead atoms. The molecular weight excluding hydrogens is 232 g/mol. The van der Waals surface area contributed by atoms with Crippen molar-refractivity contribution in [3.8, 4) is 6.07 Å². The average molecular weight is 242 g/mol. The monoisotopic (exact) mass is 242 g/mol. The molecule has 18 heavy (non-hydrogen) atoms. The van der Waals surface area contributed by atoms with Crippen LogP contribution in [0.4, 0.5) is 5.82 Å². The summed E-state index contributed by atoms with van der Waals surface area (Å²) in [7, 11) is 1.64. The smallest absolute Gasteiger partial charge is 0.277 e. The van der Waals surface area contributed by atoms with E-state index in [0.717, 1.165) is 5.69 Å². The molecule has 2 rings (SSSR count). The summed E-state index contributed by atoms with van der Waals surface area (Å²) in [5.74, 6) is -0.0903. The summed E-state index contributed by atoms with van der Waals surface area (Å²) in [6, 6.07) is 1.95. The zero-order valence-electron chi connectivity index (χ0n) is 9.88. The molecule has 1 N–H and O–H groups in total. The van der Waals surface area contributed by atoms with E-state index < -0.39 is 5.91 Å². The van der Waals surface area contributed by atoms with Gasteiger partial charge in [-0.25, -0.2) is 4.98 Å². The van der Waals surface area contributed by atoms with Crippen LogP contribution < -0.4 is 5.32 Å². The molecule has 7 heteroatoms. The van der Waals surface area contributed by atoms with Crippen molar-refractivity contribution < 1.29 is 4.79 Å². The number of hydrogen-bond acceptors (Lipinski definition) is 5. The molecule has 7 nitrogen and oxygen atoms in total. The summed E-state index contributed by atoms with van der Waals surface area (Å²) in [6.07, 6.45) is 4.27. The maximum Gasteiger partial charge on any atom is 0.277 e. The first-order chi connectivity index (χ1) is 8.61. The molecule has 0 aliphatic heterocycles. The lowest BCUT2D eigenvalue weighted by Crippen LogP contribution is -2.17. The number of hydrogen-bond donors (Lipinski definition) is 1. The number of carbonyl (C=O) groups excluding carboxylic acids is 1. The molecule has 0 saturated heterocycles. The van der Waals surface area contributed by atoms with Crippen LogP contribution in [0.1, 0.15) is 21.7 Å². The summed E-state index contributed by atoms with van der Waals surface area (Å²) in [4.78, 5) is 19.8. The van der Waals surface area contributed by atoms with E-state index in [1.54, 1.807) is 14.0 Å². The number of nitriles is 1. The minimum Gasteiger partial charge on any atom is -0.304 e. The number of aromatic nitrogens is 4. The molecule has 1 amide bonds. The van der Waals surface area contributed by atoms with Gasteiger partial charge in [-0.2, -0.15) is 10.4 Å². The standard InChI is InChI=1S/C11H10N6O/c1-7-4-14-9(6-13-7)11(18)16-10-8(3-12)5-15-17(10)2/h4-6H,1-2H3,(H,16,18). The average Bonchev–Trinajstić information content (AvgIpc) is 2.71. The van der Waals surface area contributed by atoms with Crippen molar-refractivity contribution in [3.05, 3.63) is 35.5 Å². The Morgan fingerprint density at radius 2 is 2.17 bits per heavy atom. The third kappa shape index (κ3) is 2.17. The molecule has 0 spiro atoms. The highest BCUT2D eigenvalue weighted by atomic mass is 16.2. The highest BCUT2D eigenvalue weighted by Crippen LogP contribution is 2.13. The van der Waals surface area contributed by atoms with E-state index in [2.05, 4.69) is 20.4 Å². The molecule has 2 heterocycles. The molecule has 0 radical (unpaired) electrons. The molecule has 0 unspecified atom stereocenters. The summed E-state index contributed by atoms with van der Waals surface area (Å²) in [5.41, 5.74) is 1.21. The van der Waals surface area contributed by atoms with Gasteiger partial charge in [0, 0.05) is 13.2 Å². The Balaban J connectivity index is 2.24. The Morgan fingerprint density at radius 1 is 1.39 bits per heavy atom. The van der Waals surface area contributed by atoms with Gasteiger partial charge in [-0.05, 0) is 6.92 Å². The van der Waals surface area contributed by atoms with Crippen LogP contribution in [-0.2, 0) is 7.05 Å². The summed E-state index contributed by atoms with van der Waals surface area (Å²) in [5, 5.41) is 15.3. The molecule has 0 aliphatic carbocycles. The topological polar surface area (TPSA) is 96.5 Å². The lowest BCUT2D eigenvalue weighted by atomic mass is 10.3. The van der Waals surface area contributed by atoms with Crippen molar-refractivity contribution in [2.24, 2.45) is 7.05 Å². The third-order valence-corrected chi connectivity index (χ3v) is 2.30. The fourth-order valence-corrected chi connectivity index (χ4v) is 1.35. The van der Waals surface area contributed by atoms with Crippen LogP contribution >= 0.6 is 0 Å². The molecule has 2 aromatic heterocycles. The van der Waals surface area contributed by atoms with Gasteiger partial charge in [-0.15, -0.1) is 0 Å². The molecular formula is C11H10N6O. The van der Waals surface area contributed by atoms with E-state index in [1.165, 1.54) is 23.3 Å². The molecule has 0 aromatic carbocycles. The largest absolute Gasteiger partial charge is 0.304 e. The molecule has 90 valence electrons. The Labute approximate surface area is 103 Å². The maximum atomic E-state index is 11.9. The second-order valence-electron chi connectivity index (χ2n) is 3.64. The van der Waals surface area contributed by atoms with Gasteiger partial charge < -0.3 is 5.32 Å². The van der Waals surface area contributed by atoms with Crippen molar-refractivity contribution >= 4 is 11.7 Å². The zero-order chi connectivity index (χ0) is 13.1. The first-order valence-corrected chi connectivity index (χ1v) is 5.14. The second kappa shape index (κ2) is 4.63. The first-order valence-electron chi connectivity index (χ1n) is 5.14. The van der Waals surface area contributed by atoms with E-state index in [4.69, 9.17) is 5.26 Å². The Bertz CT molecular complexity index is 622. The van der Waals surface area contributed by atoms with Gasteiger partial charge in [-0.1, -0.05) is 0 Å². The summed E-state index contributed by atoms with van der Waals surface area (Å²) in [6.45, 7) is 1.78. The Hall–Kier alpha value is -2.75. The van der Waals surface area contributed by atoms with Crippen LogP contribution in [0.3, 0.4) is 0 Å². The van der Waals surface area contributed by atoms with Crippen molar-refractivity contribution in [1.29, 1.82) is 5.26 Å². The van der Waals surface area contributed by atoms with Crippen LogP contribution in [0.15, 0.2) is 18.6 Å². The number of nitrogens with zero attached hydrogens (tertiary/aromatic N) is 5. The zero-order valence-corrected chi connectivity index (χ0v) is 9.88. The van der Waals surface area contributed by atoms with E-state index in [-0.39, 0.29) is 5.69 Å². The number of nitrogens with one attached hydrogen (secondary N) is 1. The first kappa shape index (κ1) is 11.7. The summed E-state index contributed by atoms with van der Waals surface area (Å²) < 4.78 is 1.41. The highest BCUT2D eigenvalue weighted by molar-refractivity contribution is 6.02. The number of rotatable bonds is 2. The minimum absolute atomic E-state index is 0.186. The molecule has 0 atom stereocenters. The highest BCUT2D eigenvalue weighted by Gasteiger charge is 2.14. The van der Waals surface area contributed by atoms with Crippen molar-refractivity contribution in [3.63, 3.8) is 0 Å². The van der Waals surface area contributed by atoms with Gasteiger partial charge >= 0.3 is 0 Å². The Morgan fingerprint density at radius 3 is 2.78 bits per heavy atom. The summed E-state index contributed by atoms with van der Waals surface area (Å²) >= 11 is 0. The van der Waals surface area contributed by atoms with Crippen LogP contribution in [0.25, 0.3) is 0 Å². The van der Waals surface area contributed by atoms with Gasteiger partial charge in [-0.3, -0.25) is 14.5 Å².